The summed E-state index contributed by atoms with van der Waals surface area (Å²) in [5.74, 6) is -3.87. The lowest BCUT2D eigenvalue weighted by molar-refractivity contribution is -0.133. The molecule has 0 spiro atoms. The van der Waals surface area contributed by atoms with E-state index in [-0.39, 0.29) is 28.7 Å². The molecule has 88 valence electrons. The highest BCUT2D eigenvalue weighted by Gasteiger charge is 2.48. The summed E-state index contributed by atoms with van der Waals surface area (Å²) < 4.78 is 27.8. The van der Waals surface area contributed by atoms with Crippen molar-refractivity contribution in [3.8, 4) is 0 Å². The van der Waals surface area contributed by atoms with Gasteiger partial charge in [0.25, 0.3) is 5.92 Å². The second kappa shape index (κ2) is 4.09. The molecule has 16 heavy (non-hydrogen) atoms. The molecule has 1 aromatic rings. The summed E-state index contributed by atoms with van der Waals surface area (Å²) in [4.78, 5) is 3.61. The first-order chi connectivity index (χ1) is 7.39. The quantitative estimate of drug-likeness (QED) is 0.835. The summed E-state index contributed by atoms with van der Waals surface area (Å²) in [5.41, 5.74) is -0.241. The second-order valence-corrected chi connectivity index (χ2v) is 4.72. The van der Waals surface area contributed by atoms with Crippen molar-refractivity contribution in [2.75, 3.05) is 0 Å². The number of pyridine rings is 1. The highest BCUT2D eigenvalue weighted by Crippen LogP contribution is 2.47. The lowest BCUT2D eigenvalue weighted by Crippen LogP contribution is -2.39. The van der Waals surface area contributed by atoms with Crippen LogP contribution in [0, 0.1) is 5.92 Å². The Balaban J connectivity index is 2.28. The molecule has 0 unspecified atom stereocenters. The molecular formula is C10H9Cl2F2NO. The van der Waals surface area contributed by atoms with Gasteiger partial charge in [0.15, 0.2) is 0 Å². The van der Waals surface area contributed by atoms with E-state index in [0.717, 1.165) is 12.1 Å². The predicted octanol–water partition coefficient (Wildman–Crippen LogP) is 3.25. The topological polar surface area (TPSA) is 33.1 Å². The van der Waals surface area contributed by atoms with Crippen LogP contribution in [-0.2, 0) is 5.92 Å². The largest absolute Gasteiger partial charge is 0.393 e. The van der Waals surface area contributed by atoms with Crippen LogP contribution in [0.4, 0.5) is 8.78 Å². The highest BCUT2D eigenvalue weighted by molar-refractivity contribution is 6.32. The van der Waals surface area contributed by atoms with E-state index in [1.54, 1.807) is 0 Å². The summed E-state index contributed by atoms with van der Waals surface area (Å²) in [6.07, 6.45) is -0.418. The van der Waals surface area contributed by atoms with E-state index in [1.807, 2.05) is 0 Å². The average Bonchev–Trinajstić information content (AvgIpc) is 2.11. The zero-order chi connectivity index (χ0) is 11.9. The molecule has 0 aliphatic heterocycles. The van der Waals surface area contributed by atoms with Crippen molar-refractivity contribution in [1.82, 2.24) is 4.98 Å². The fourth-order valence-electron chi connectivity index (χ4n) is 1.78. The third-order valence-corrected chi connectivity index (χ3v) is 3.16. The Hall–Kier alpha value is -0.450. The van der Waals surface area contributed by atoms with E-state index in [0.29, 0.717) is 0 Å². The first kappa shape index (κ1) is 12.0. The number of alkyl halides is 2. The minimum Gasteiger partial charge on any atom is -0.393 e. The normalized spacial score (nSPS) is 25.3. The molecule has 1 heterocycles. The van der Waals surface area contributed by atoms with E-state index in [4.69, 9.17) is 28.3 Å². The van der Waals surface area contributed by atoms with E-state index >= 15 is 0 Å². The first-order valence-corrected chi connectivity index (χ1v) is 5.54. The van der Waals surface area contributed by atoms with E-state index in [1.165, 1.54) is 0 Å². The Labute approximate surface area is 101 Å². The summed E-state index contributed by atoms with van der Waals surface area (Å²) in [7, 11) is 0. The first-order valence-electron chi connectivity index (χ1n) is 4.79. The molecule has 1 saturated carbocycles. The number of halogens is 4. The summed E-state index contributed by atoms with van der Waals surface area (Å²) in [5, 5.41) is 8.93. The number of hydrogen-bond donors (Lipinski definition) is 1. The van der Waals surface area contributed by atoms with Gasteiger partial charge in [-0.05, 0) is 25.0 Å². The van der Waals surface area contributed by atoms with Gasteiger partial charge in [-0.2, -0.15) is 0 Å². The van der Waals surface area contributed by atoms with Crippen molar-refractivity contribution in [2.24, 2.45) is 5.92 Å². The van der Waals surface area contributed by atoms with Gasteiger partial charge in [0, 0.05) is 11.5 Å². The van der Waals surface area contributed by atoms with Crippen molar-refractivity contribution < 1.29 is 13.9 Å². The van der Waals surface area contributed by atoms with Gasteiger partial charge in [-0.1, -0.05) is 23.2 Å². The van der Waals surface area contributed by atoms with Crippen LogP contribution in [0.1, 0.15) is 18.4 Å². The summed E-state index contributed by atoms with van der Waals surface area (Å²) in [6.45, 7) is 0. The second-order valence-electron chi connectivity index (χ2n) is 3.95. The maximum atomic E-state index is 13.9. The van der Waals surface area contributed by atoms with Crippen molar-refractivity contribution in [2.45, 2.75) is 24.9 Å². The number of rotatable bonds is 2. The van der Waals surface area contributed by atoms with Gasteiger partial charge < -0.3 is 5.11 Å². The van der Waals surface area contributed by atoms with Gasteiger partial charge in [0.05, 0.1) is 6.10 Å². The molecule has 1 aliphatic rings. The lowest BCUT2D eigenvalue weighted by Gasteiger charge is -2.37. The van der Waals surface area contributed by atoms with Crippen LogP contribution in [0.3, 0.4) is 0 Å². The average molecular weight is 268 g/mol. The number of aromatic nitrogens is 1. The third kappa shape index (κ3) is 2.14. The monoisotopic (exact) mass is 267 g/mol. The Morgan fingerprint density at radius 1 is 1.25 bits per heavy atom. The van der Waals surface area contributed by atoms with Crippen molar-refractivity contribution in [3.63, 3.8) is 0 Å². The van der Waals surface area contributed by atoms with Crippen molar-refractivity contribution >= 4 is 23.2 Å². The Morgan fingerprint density at radius 2 is 1.75 bits per heavy atom. The minimum atomic E-state index is -3.02. The molecule has 0 amide bonds. The molecule has 2 rings (SSSR count). The SMILES string of the molecule is O[C@H]1C[C@H](C(F)(F)c2cc(Cl)nc(Cl)c2)C1. The number of hydrogen-bond acceptors (Lipinski definition) is 2. The molecule has 0 radical (unpaired) electrons. The van der Waals surface area contributed by atoms with Crippen LogP contribution in [0.5, 0.6) is 0 Å². The molecule has 0 bridgehead atoms. The van der Waals surface area contributed by atoms with Crippen LogP contribution in [0.15, 0.2) is 12.1 Å². The minimum absolute atomic E-state index is 0.0537. The molecule has 1 fully saturated rings. The zero-order valence-corrected chi connectivity index (χ0v) is 9.64. The summed E-state index contributed by atoms with van der Waals surface area (Å²) >= 11 is 11.1. The van der Waals surface area contributed by atoms with Crippen molar-refractivity contribution in [1.29, 1.82) is 0 Å². The van der Waals surface area contributed by atoms with Crippen LogP contribution in [0.2, 0.25) is 10.3 Å². The molecule has 2 nitrogen and oxygen atoms in total. The number of aliphatic hydroxyl groups excluding tert-OH is 1. The van der Waals surface area contributed by atoms with Crippen LogP contribution in [-0.4, -0.2) is 16.2 Å². The van der Waals surface area contributed by atoms with Gasteiger partial charge in [-0.15, -0.1) is 0 Å². The van der Waals surface area contributed by atoms with E-state index in [2.05, 4.69) is 4.98 Å². The maximum Gasteiger partial charge on any atom is 0.276 e. The van der Waals surface area contributed by atoms with Gasteiger partial charge in [-0.3, -0.25) is 0 Å². The maximum absolute atomic E-state index is 13.9. The Kier molecular flexibility index (Phi) is 3.07. The van der Waals surface area contributed by atoms with Gasteiger partial charge >= 0.3 is 0 Å². The molecule has 1 N–H and O–H groups in total. The highest BCUT2D eigenvalue weighted by atomic mass is 35.5. The van der Waals surface area contributed by atoms with Crippen LogP contribution >= 0.6 is 23.2 Å². The van der Waals surface area contributed by atoms with Gasteiger partial charge in [-0.25, -0.2) is 13.8 Å². The zero-order valence-electron chi connectivity index (χ0n) is 8.13. The Bertz CT molecular complexity index is 388. The van der Waals surface area contributed by atoms with Crippen molar-refractivity contribution in [3.05, 3.63) is 28.0 Å². The Morgan fingerprint density at radius 3 is 2.19 bits per heavy atom. The molecule has 6 heteroatoms. The summed E-state index contributed by atoms with van der Waals surface area (Å²) in [6, 6.07) is 2.22. The predicted molar refractivity (Wildman–Crippen MR) is 56.9 cm³/mol. The third-order valence-electron chi connectivity index (χ3n) is 2.77. The molecule has 1 aliphatic carbocycles. The van der Waals surface area contributed by atoms with Crippen LogP contribution < -0.4 is 0 Å². The molecule has 0 aromatic carbocycles. The molecule has 0 atom stereocenters. The molecular weight excluding hydrogens is 259 g/mol. The van der Waals surface area contributed by atoms with Crippen LogP contribution in [0.25, 0.3) is 0 Å². The number of nitrogens with zero attached hydrogens (tertiary/aromatic N) is 1. The standard InChI is InChI=1S/C10H9Cl2F2NO/c11-8-3-6(4-9(12)15-8)10(13,14)5-1-7(16)2-5/h3-5,7,16H,1-2H2/t5-,7-. The van der Waals surface area contributed by atoms with E-state index in [9.17, 15) is 8.78 Å². The lowest BCUT2D eigenvalue weighted by atomic mass is 9.76. The van der Waals surface area contributed by atoms with E-state index < -0.39 is 17.9 Å². The fraction of sp³-hybridized carbons (Fsp3) is 0.500. The molecule has 1 aromatic heterocycles. The smallest absolute Gasteiger partial charge is 0.276 e. The fourth-order valence-corrected chi connectivity index (χ4v) is 2.24. The van der Waals surface area contributed by atoms with Gasteiger partial charge in [0.1, 0.15) is 10.3 Å². The number of aliphatic hydroxyl groups is 1. The molecule has 0 saturated heterocycles. The van der Waals surface area contributed by atoms with Gasteiger partial charge in [0.2, 0.25) is 0 Å².